The van der Waals surface area contributed by atoms with Gasteiger partial charge in [0, 0.05) is 55.6 Å². The number of fused-ring (bicyclic) bond motifs is 3. The van der Waals surface area contributed by atoms with Crippen LogP contribution in [0, 0.1) is 11.8 Å². The lowest BCUT2D eigenvalue weighted by Gasteiger charge is -2.39. The van der Waals surface area contributed by atoms with Gasteiger partial charge in [-0.2, -0.15) is 13.2 Å². The van der Waals surface area contributed by atoms with Crippen molar-refractivity contribution in [1.82, 2.24) is 15.3 Å². The van der Waals surface area contributed by atoms with Crippen LogP contribution in [0.5, 0.6) is 0 Å². The summed E-state index contributed by atoms with van der Waals surface area (Å²) < 4.78 is 44.9. The first kappa shape index (κ1) is 26.6. The first-order chi connectivity index (χ1) is 18.2. The molecule has 38 heavy (non-hydrogen) atoms. The molecule has 10 heteroatoms. The number of hydrogen-bond acceptors (Lipinski definition) is 5. The molecule has 1 N–H and O–H groups in total. The van der Waals surface area contributed by atoms with Crippen LogP contribution in [0.25, 0.3) is 0 Å². The van der Waals surface area contributed by atoms with E-state index >= 15 is 0 Å². The number of nitrogens with one attached hydrogen (secondary N) is 1. The van der Waals surface area contributed by atoms with Gasteiger partial charge in [-0.25, -0.2) is 4.98 Å². The van der Waals surface area contributed by atoms with Crippen LogP contribution >= 0.6 is 0 Å². The third kappa shape index (κ3) is 5.15. The molecule has 2 aromatic heterocycles. The minimum absolute atomic E-state index is 0.0520. The molecule has 2 aliphatic heterocycles. The lowest BCUT2D eigenvalue weighted by Crippen LogP contribution is -2.44. The fourth-order valence-electron chi connectivity index (χ4n) is 6.31. The summed E-state index contributed by atoms with van der Waals surface area (Å²) in [4.78, 5) is 35.9. The van der Waals surface area contributed by atoms with E-state index in [1.807, 2.05) is 13.1 Å². The van der Waals surface area contributed by atoms with Gasteiger partial charge in [0.05, 0.1) is 0 Å². The van der Waals surface area contributed by atoms with E-state index in [0.717, 1.165) is 48.5 Å². The number of pyridine rings is 2. The highest BCUT2D eigenvalue weighted by molar-refractivity contribution is 5.98. The summed E-state index contributed by atoms with van der Waals surface area (Å²) >= 11 is 0. The van der Waals surface area contributed by atoms with Crippen LogP contribution in [-0.2, 0) is 15.7 Å². The summed E-state index contributed by atoms with van der Waals surface area (Å²) in [6, 6.07) is 4.12. The Labute approximate surface area is 220 Å². The van der Waals surface area contributed by atoms with E-state index in [1.165, 1.54) is 6.07 Å². The largest absolute Gasteiger partial charge is 0.433 e. The summed E-state index contributed by atoms with van der Waals surface area (Å²) in [5.74, 6) is 0.757. The Kier molecular flexibility index (Phi) is 7.44. The Morgan fingerprint density at radius 3 is 2.61 bits per heavy atom. The second-order valence-corrected chi connectivity index (χ2v) is 10.7. The van der Waals surface area contributed by atoms with Crippen molar-refractivity contribution in [1.29, 1.82) is 0 Å². The molecule has 4 heterocycles. The minimum Gasteiger partial charge on any atom is -0.381 e. The molecule has 0 aromatic carbocycles. The molecule has 0 spiro atoms. The maximum atomic E-state index is 13.2. The zero-order valence-electron chi connectivity index (χ0n) is 21.6. The van der Waals surface area contributed by atoms with Gasteiger partial charge in [0.15, 0.2) is 0 Å². The van der Waals surface area contributed by atoms with Gasteiger partial charge in [0.1, 0.15) is 11.5 Å². The molecule has 0 bridgehead atoms. The molecule has 5 rings (SSSR count). The van der Waals surface area contributed by atoms with Crippen molar-refractivity contribution in [3.63, 3.8) is 0 Å². The van der Waals surface area contributed by atoms with Crippen LogP contribution in [0.1, 0.15) is 85.0 Å². The van der Waals surface area contributed by atoms with E-state index in [2.05, 4.69) is 23.3 Å². The average Bonchev–Trinajstić information content (AvgIpc) is 3.16. The van der Waals surface area contributed by atoms with Crippen LogP contribution in [0.2, 0.25) is 0 Å². The fraction of sp³-hybridized carbons (Fsp3) is 0.571. The Morgan fingerprint density at radius 2 is 1.87 bits per heavy atom. The zero-order chi connectivity index (χ0) is 27.0. The van der Waals surface area contributed by atoms with E-state index in [0.29, 0.717) is 38.5 Å². The number of nitrogens with zero attached hydrogens (tertiary/aromatic N) is 3. The van der Waals surface area contributed by atoms with Gasteiger partial charge in [0.25, 0.3) is 5.91 Å². The number of halogens is 3. The van der Waals surface area contributed by atoms with Crippen molar-refractivity contribution >= 4 is 17.6 Å². The third-order valence-electron chi connectivity index (χ3n) is 8.37. The highest BCUT2D eigenvalue weighted by atomic mass is 19.4. The van der Waals surface area contributed by atoms with Gasteiger partial charge in [0.2, 0.25) is 5.91 Å². The Morgan fingerprint density at radius 1 is 1.11 bits per heavy atom. The highest BCUT2D eigenvalue weighted by Crippen LogP contribution is 2.45. The summed E-state index contributed by atoms with van der Waals surface area (Å²) in [5, 5.41) is 2.95. The second-order valence-electron chi connectivity index (χ2n) is 10.7. The van der Waals surface area contributed by atoms with Gasteiger partial charge in [-0.1, -0.05) is 6.92 Å². The molecule has 0 radical (unpaired) electrons. The van der Waals surface area contributed by atoms with Crippen molar-refractivity contribution in [2.45, 2.75) is 70.0 Å². The molecule has 204 valence electrons. The first-order valence-electron chi connectivity index (χ1n) is 13.4. The van der Waals surface area contributed by atoms with Gasteiger partial charge in [-0.15, -0.1) is 0 Å². The third-order valence-corrected chi connectivity index (χ3v) is 8.37. The van der Waals surface area contributed by atoms with Crippen LogP contribution in [0.4, 0.5) is 19.0 Å². The number of aromatic nitrogens is 2. The molecule has 2 amide bonds. The summed E-state index contributed by atoms with van der Waals surface area (Å²) in [6.07, 6.45) is 2.01. The number of carbonyl (C=O) groups excluding carboxylic acids is 2. The smallest absolute Gasteiger partial charge is 0.381 e. The van der Waals surface area contributed by atoms with Crippen LogP contribution < -0.4 is 10.2 Å². The van der Waals surface area contributed by atoms with Gasteiger partial charge in [-0.05, 0) is 80.2 Å². The van der Waals surface area contributed by atoms with Gasteiger partial charge in [-0.3, -0.25) is 19.5 Å². The summed E-state index contributed by atoms with van der Waals surface area (Å²) in [7, 11) is 0. The van der Waals surface area contributed by atoms with Crippen molar-refractivity contribution in [2.75, 3.05) is 24.7 Å². The van der Waals surface area contributed by atoms with Crippen LogP contribution in [0.15, 0.2) is 30.6 Å². The molecule has 1 saturated heterocycles. The molecule has 5 unspecified atom stereocenters. The molecule has 2 aromatic rings. The SMILES string of the molecule is CCN1C(=O)C2CCOCCC2c2cc(C3CC(NC(=O)c4ccnc(C(F)(F)F)c4)CCC3C)cnc21. The molecule has 1 saturated carbocycles. The molecule has 7 nitrogen and oxygen atoms in total. The maximum Gasteiger partial charge on any atom is 0.433 e. The van der Waals surface area contributed by atoms with E-state index < -0.39 is 17.8 Å². The quantitative estimate of drug-likeness (QED) is 0.597. The average molecular weight is 531 g/mol. The second kappa shape index (κ2) is 10.6. The summed E-state index contributed by atoms with van der Waals surface area (Å²) in [6.45, 7) is 5.90. The minimum atomic E-state index is -4.61. The number of rotatable bonds is 4. The van der Waals surface area contributed by atoms with E-state index in [4.69, 9.17) is 9.72 Å². The van der Waals surface area contributed by atoms with E-state index in [-0.39, 0.29) is 35.3 Å². The van der Waals surface area contributed by atoms with E-state index in [1.54, 1.807) is 4.90 Å². The van der Waals surface area contributed by atoms with Gasteiger partial charge >= 0.3 is 6.18 Å². The number of amides is 2. The number of ether oxygens (including phenoxy) is 1. The lowest BCUT2D eigenvalue weighted by atomic mass is 9.73. The molecule has 3 aliphatic rings. The fourth-order valence-corrected chi connectivity index (χ4v) is 6.31. The Balaban J connectivity index is 1.37. The molecule has 2 fully saturated rings. The van der Waals surface area contributed by atoms with Crippen molar-refractivity contribution in [3.8, 4) is 0 Å². The van der Waals surface area contributed by atoms with Crippen molar-refractivity contribution in [3.05, 3.63) is 53.0 Å². The normalized spacial score (nSPS) is 27.8. The molecule has 5 atom stereocenters. The number of hydrogen-bond donors (Lipinski definition) is 1. The number of anilines is 1. The van der Waals surface area contributed by atoms with Crippen LogP contribution in [-0.4, -0.2) is 47.6 Å². The monoisotopic (exact) mass is 530 g/mol. The number of alkyl halides is 3. The Hall–Kier alpha value is -3.01. The van der Waals surface area contributed by atoms with Crippen molar-refractivity contribution in [2.24, 2.45) is 11.8 Å². The standard InChI is InChI=1S/C28H33F3N4O3/c1-3-35-25-23(20-7-10-38-11-8-21(20)27(35)37)12-18(15-33-25)22-14-19(5-4-16(22)2)34-26(36)17-6-9-32-24(13-17)28(29,30)31/h6,9,12-13,15-16,19-22H,3-5,7-8,10-11,14H2,1-2H3,(H,34,36). The maximum absolute atomic E-state index is 13.2. The van der Waals surface area contributed by atoms with Crippen LogP contribution in [0.3, 0.4) is 0 Å². The lowest BCUT2D eigenvalue weighted by molar-refractivity contribution is -0.141. The summed E-state index contributed by atoms with van der Waals surface area (Å²) in [5.41, 5.74) is 1.04. The van der Waals surface area contributed by atoms with Gasteiger partial charge < -0.3 is 10.1 Å². The van der Waals surface area contributed by atoms with Crippen molar-refractivity contribution < 1.29 is 27.5 Å². The molecular weight excluding hydrogens is 497 g/mol. The zero-order valence-corrected chi connectivity index (χ0v) is 21.6. The molecular formula is C28H33F3N4O3. The van der Waals surface area contributed by atoms with E-state index in [9.17, 15) is 22.8 Å². The topological polar surface area (TPSA) is 84.4 Å². The predicted molar refractivity (Wildman–Crippen MR) is 135 cm³/mol. The Bertz CT molecular complexity index is 1200. The first-order valence-corrected chi connectivity index (χ1v) is 13.4. The molecule has 1 aliphatic carbocycles. The predicted octanol–water partition coefficient (Wildman–Crippen LogP) is 5.07. The number of carbonyl (C=O) groups is 2. The highest BCUT2D eigenvalue weighted by Gasteiger charge is 2.42.